The van der Waals surface area contributed by atoms with Gasteiger partial charge in [-0.25, -0.2) is 0 Å². The van der Waals surface area contributed by atoms with Gasteiger partial charge in [-0.15, -0.1) is 11.3 Å². The Morgan fingerprint density at radius 3 is 2.61 bits per heavy atom. The fraction of sp³-hybridized carbons (Fsp3) is 0.190. The Labute approximate surface area is 167 Å². The summed E-state index contributed by atoms with van der Waals surface area (Å²) >= 11 is 1.66. The lowest BCUT2D eigenvalue weighted by atomic mass is 10.0. The van der Waals surface area contributed by atoms with Gasteiger partial charge in [-0.2, -0.15) is 0 Å². The number of quaternary nitrogens is 1. The van der Waals surface area contributed by atoms with E-state index >= 15 is 0 Å². The number of thiophene rings is 1. The van der Waals surface area contributed by atoms with E-state index in [2.05, 4.69) is 42.6 Å². The first-order valence-electron chi connectivity index (χ1n) is 9.06. The number of carbonyl (C=O) groups excluding carboxylic acids is 1. The van der Waals surface area contributed by atoms with E-state index in [-0.39, 0.29) is 24.2 Å². The van der Waals surface area contributed by atoms with E-state index < -0.39 is 4.92 Å². The number of nitro benzene ring substituents is 1. The Morgan fingerprint density at radius 1 is 1.18 bits per heavy atom. The van der Waals surface area contributed by atoms with Gasteiger partial charge in [-0.05, 0) is 29.5 Å². The molecule has 0 spiro atoms. The Kier molecular flexibility index (Phi) is 6.52. The first-order valence-corrected chi connectivity index (χ1v) is 9.94. The fourth-order valence-electron chi connectivity index (χ4n) is 2.98. The maximum atomic E-state index is 12.4. The number of rotatable bonds is 8. The first-order chi connectivity index (χ1) is 13.6. The van der Waals surface area contributed by atoms with Gasteiger partial charge in [0.1, 0.15) is 6.04 Å². The molecule has 0 radical (unpaired) electrons. The SMILES string of the molecule is CCc1ccc([C@@H]([NH2+]CC(=O)Nc2cccc([N+](=O)[O-])c2)c2cccs2)cc1. The predicted octanol–water partition coefficient (Wildman–Crippen LogP) is 3.51. The molecule has 0 fully saturated rings. The van der Waals surface area contributed by atoms with E-state index in [1.807, 2.05) is 16.8 Å². The van der Waals surface area contributed by atoms with Crippen LogP contribution in [0.5, 0.6) is 0 Å². The smallest absolute Gasteiger partial charge is 0.279 e. The van der Waals surface area contributed by atoms with Crippen LogP contribution in [0.4, 0.5) is 11.4 Å². The molecule has 0 saturated carbocycles. The minimum absolute atomic E-state index is 0.0294. The highest BCUT2D eigenvalue weighted by molar-refractivity contribution is 7.10. The van der Waals surface area contributed by atoms with Crippen LogP contribution in [0.1, 0.15) is 29.0 Å². The zero-order valence-electron chi connectivity index (χ0n) is 15.5. The van der Waals surface area contributed by atoms with Crippen LogP contribution in [-0.2, 0) is 11.2 Å². The minimum atomic E-state index is -0.478. The van der Waals surface area contributed by atoms with Crippen LogP contribution in [0.3, 0.4) is 0 Å². The van der Waals surface area contributed by atoms with E-state index in [9.17, 15) is 14.9 Å². The quantitative estimate of drug-likeness (QED) is 0.451. The van der Waals surface area contributed by atoms with Gasteiger partial charge in [-0.1, -0.05) is 43.3 Å². The molecule has 1 amide bonds. The lowest BCUT2D eigenvalue weighted by Gasteiger charge is -2.15. The molecule has 1 atom stereocenters. The number of aryl methyl sites for hydroxylation is 1. The van der Waals surface area contributed by atoms with Crippen molar-refractivity contribution in [2.45, 2.75) is 19.4 Å². The van der Waals surface area contributed by atoms with Crippen molar-refractivity contribution in [2.75, 3.05) is 11.9 Å². The Morgan fingerprint density at radius 2 is 1.96 bits per heavy atom. The molecule has 28 heavy (non-hydrogen) atoms. The van der Waals surface area contributed by atoms with Crippen LogP contribution >= 0.6 is 11.3 Å². The summed E-state index contributed by atoms with van der Waals surface area (Å²) in [6.45, 7) is 2.33. The molecular formula is C21H22N3O3S+. The van der Waals surface area contributed by atoms with Gasteiger partial charge in [0.05, 0.1) is 9.80 Å². The highest BCUT2D eigenvalue weighted by Gasteiger charge is 2.20. The van der Waals surface area contributed by atoms with E-state index in [4.69, 9.17) is 0 Å². The molecule has 6 nitrogen and oxygen atoms in total. The van der Waals surface area contributed by atoms with Gasteiger partial charge in [0.25, 0.3) is 11.6 Å². The van der Waals surface area contributed by atoms with Crippen LogP contribution in [0.2, 0.25) is 0 Å². The maximum absolute atomic E-state index is 12.4. The average Bonchev–Trinajstić information content (AvgIpc) is 3.23. The van der Waals surface area contributed by atoms with Crippen molar-refractivity contribution in [3.63, 3.8) is 0 Å². The second-order valence-electron chi connectivity index (χ2n) is 6.38. The molecule has 3 aromatic rings. The number of nitrogens with one attached hydrogen (secondary N) is 1. The number of hydrogen-bond donors (Lipinski definition) is 2. The lowest BCUT2D eigenvalue weighted by molar-refractivity contribution is -0.675. The summed E-state index contributed by atoms with van der Waals surface area (Å²) in [7, 11) is 0. The third kappa shape index (κ3) is 5.03. The van der Waals surface area contributed by atoms with E-state index in [1.165, 1.54) is 22.6 Å². The number of amides is 1. The molecule has 7 heteroatoms. The van der Waals surface area contributed by atoms with Gasteiger partial charge in [0, 0.05) is 23.4 Å². The summed E-state index contributed by atoms with van der Waals surface area (Å²) in [5.74, 6) is -0.202. The van der Waals surface area contributed by atoms with E-state index in [1.54, 1.807) is 23.5 Å². The van der Waals surface area contributed by atoms with Crippen molar-refractivity contribution in [3.05, 3.63) is 92.2 Å². The summed E-state index contributed by atoms with van der Waals surface area (Å²) in [5, 5.41) is 17.6. The standard InChI is InChI=1S/C21H21N3O3S/c1-2-15-8-10-16(11-9-15)21(19-7-4-12-28-19)22-14-20(25)23-17-5-3-6-18(13-17)24(26)27/h3-13,21-22H,2,14H2,1H3,(H,23,25)/p+1/t21-/m1/s1. The summed E-state index contributed by atoms with van der Waals surface area (Å²) < 4.78 is 0. The van der Waals surface area contributed by atoms with Crippen molar-refractivity contribution in [1.29, 1.82) is 0 Å². The molecular weight excluding hydrogens is 374 g/mol. The van der Waals surface area contributed by atoms with Crippen molar-refractivity contribution >= 4 is 28.6 Å². The van der Waals surface area contributed by atoms with Gasteiger partial charge in [-0.3, -0.25) is 14.9 Å². The molecule has 0 aliphatic rings. The number of non-ortho nitro benzene ring substituents is 1. The molecule has 0 bridgehead atoms. The van der Waals surface area contributed by atoms with Crippen LogP contribution in [0.25, 0.3) is 0 Å². The number of benzene rings is 2. The molecule has 144 valence electrons. The highest BCUT2D eigenvalue weighted by Crippen LogP contribution is 2.23. The van der Waals surface area contributed by atoms with Crippen molar-refractivity contribution < 1.29 is 15.0 Å². The van der Waals surface area contributed by atoms with Crippen LogP contribution in [-0.4, -0.2) is 17.4 Å². The Bertz CT molecular complexity index is 940. The fourth-order valence-corrected chi connectivity index (χ4v) is 3.83. The predicted molar refractivity (Wildman–Crippen MR) is 111 cm³/mol. The van der Waals surface area contributed by atoms with Crippen LogP contribution in [0.15, 0.2) is 66.0 Å². The first kappa shape index (κ1) is 19.7. The second-order valence-corrected chi connectivity index (χ2v) is 7.36. The zero-order valence-corrected chi connectivity index (χ0v) is 16.3. The Hall–Kier alpha value is -3.03. The number of nitrogens with zero attached hydrogens (tertiary/aromatic N) is 1. The maximum Gasteiger partial charge on any atom is 0.279 e. The van der Waals surface area contributed by atoms with Crippen LogP contribution in [0, 0.1) is 10.1 Å². The lowest BCUT2D eigenvalue weighted by Crippen LogP contribution is -2.87. The molecule has 3 rings (SSSR count). The molecule has 0 aliphatic heterocycles. The molecule has 1 aromatic heterocycles. The van der Waals surface area contributed by atoms with Gasteiger partial charge >= 0.3 is 0 Å². The Balaban J connectivity index is 1.68. The van der Waals surface area contributed by atoms with Gasteiger partial charge in [0.2, 0.25) is 0 Å². The van der Waals surface area contributed by atoms with Gasteiger partial charge < -0.3 is 10.6 Å². The van der Waals surface area contributed by atoms with Crippen molar-refractivity contribution in [3.8, 4) is 0 Å². The molecule has 2 aromatic carbocycles. The summed E-state index contributed by atoms with van der Waals surface area (Å²) in [6.07, 6.45) is 0.985. The zero-order chi connectivity index (χ0) is 19.9. The number of carbonyl (C=O) groups is 1. The number of anilines is 1. The minimum Gasteiger partial charge on any atom is -0.328 e. The topological polar surface area (TPSA) is 88.8 Å². The molecule has 0 saturated heterocycles. The summed E-state index contributed by atoms with van der Waals surface area (Å²) in [5.41, 5.74) is 2.79. The number of nitrogens with two attached hydrogens (primary N) is 1. The van der Waals surface area contributed by atoms with Crippen molar-refractivity contribution in [1.82, 2.24) is 0 Å². The van der Waals surface area contributed by atoms with Gasteiger partial charge in [0.15, 0.2) is 6.54 Å². The molecule has 3 N–H and O–H groups in total. The number of hydrogen-bond acceptors (Lipinski definition) is 4. The van der Waals surface area contributed by atoms with E-state index in [0.717, 1.165) is 12.0 Å². The third-order valence-electron chi connectivity index (χ3n) is 4.48. The normalized spacial score (nSPS) is 11.8. The summed E-state index contributed by atoms with van der Waals surface area (Å²) in [4.78, 5) is 24.0. The van der Waals surface area contributed by atoms with Crippen molar-refractivity contribution in [2.24, 2.45) is 0 Å². The molecule has 1 heterocycles. The molecule has 0 aliphatic carbocycles. The highest BCUT2D eigenvalue weighted by atomic mass is 32.1. The summed E-state index contributed by atoms with van der Waals surface area (Å²) in [6, 6.07) is 18.5. The van der Waals surface area contributed by atoms with E-state index in [0.29, 0.717) is 5.69 Å². The number of nitro groups is 1. The average molecular weight is 396 g/mol. The third-order valence-corrected chi connectivity index (χ3v) is 5.43. The molecule has 0 unspecified atom stereocenters. The largest absolute Gasteiger partial charge is 0.328 e. The second kappa shape index (κ2) is 9.25. The van der Waals surface area contributed by atoms with Crippen LogP contribution < -0.4 is 10.6 Å². The monoisotopic (exact) mass is 396 g/mol.